The molecule has 0 saturated carbocycles. The van der Waals surface area contributed by atoms with Gasteiger partial charge in [0.2, 0.25) is 0 Å². The van der Waals surface area contributed by atoms with Crippen LogP contribution in [-0.2, 0) is 25.0 Å². The number of carbonyl (C=O) groups excluding carboxylic acids is 1. The number of benzene rings is 3. The molecule has 1 unspecified atom stereocenters. The number of nitrogens with zero attached hydrogens (tertiary/aromatic N) is 1. The molecule has 11 nitrogen and oxygen atoms in total. The van der Waals surface area contributed by atoms with Gasteiger partial charge in [0, 0.05) is 24.8 Å². The first-order valence-electron chi connectivity index (χ1n) is 15.3. The van der Waals surface area contributed by atoms with Crippen LogP contribution in [0.2, 0.25) is 0 Å². The molecule has 1 amide bonds. The topological polar surface area (TPSA) is 138 Å². The summed E-state index contributed by atoms with van der Waals surface area (Å²) in [7, 11) is -3.78. The van der Waals surface area contributed by atoms with Crippen molar-refractivity contribution in [2.24, 2.45) is 0 Å². The van der Waals surface area contributed by atoms with E-state index in [9.17, 15) is 18.9 Å². The van der Waals surface area contributed by atoms with Gasteiger partial charge in [-0.2, -0.15) is 0 Å². The van der Waals surface area contributed by atoms with Gasteiger partial charge >= 0.3 is 19.4 Å². The van der Waals surface area contributed by atoms with Crippen molar-refractivity contribution in [2.75, 3.05) is 13.3 Å². The van der Waals surface area contributed by atoms with E-state index < -0.39 is 49.4 Å². The number of alkyl carbamates (subject to hydrolysis) is 1. The summed E-state index contributed by atoms with van der Waals surface area (Å²) >= 11 is 0. The van der Waals surface area contributed by atoms with Crippen molar-refractivity contribution >= 4 is 13.7 Å². The number of carbonyl (C=O) groups is 1. The second-order valence-electron chi connectivity index (χ2n) is 11.4. The predicted molar refractivity (Wildman–Crippen MR) is 172 cm³/mol. The smallest absolute Gasteiger partial charge is 0.407 e. The van der Waals surface area contributed by atoms with Gasteiger partial charge in [0.1, 0.15) is 24.5 Å². The molecule has 46 heavy (non-hydrogen) atoms. The van der Waals surface area contributed by atoms with Gasteiger partial charge < -0.3 is 19.3 Å². The molecule has 0 radical (unpaired) electrons. The number of H-pyrrole nitrogens is 1. The molecule has 2 heterocycles. The molecule has 5 atom stereocenters. The molecule has 1 saturated heterocycles. The first-order chi connectivity index (χ1) is 22.2. The molecule has 0 bridgehead atoms. The van der Waals surface area contributed by atoms with E-state index in [4.69, 9.17) is 18.5 Å². The summed E-state index contributed by atoms with van der Waals surface area (Å²) in [5.41, 5.74) is 4.08. The highest BCUT2D eigenvalue weighted by atomic mass is 31.2. The number of hydrogen-bond donors (Lipinski definition) is 2. The van der Waals surface area contributed by atoms with Crippen molar-refractivity contribution in [3.8, 4) is 16.9 Å². The van der Waals surface area contributed by atoms with Crippen molar-refractivity contribution in [2.45, 2.75) is 57.1 Å². The quantitative estimate of drug-likeness (QED) is 0.213. The van der Waals surface area contributed by atoms with E-state index in [0.29, 0.717) is 12.2 Å². The highest BCUT2D eigenvalue weighted by molar-refractivity contribution is 7.53. The molecule has 0 spiro atoms. The molecule has 2 aliphatic rings. The fourth-order valence-electron chi connectivity index (χ4n) is 6.21. The summed E-state index contributed by atoms with van der Waals surface area (Å²) in [6.07, 6.45) is -1.05. The Morgan fingerprint density at radius 3 is 2.22 bits per heavy atom. The average Bonchev–Trinajstić information content (AvgIpc) is 3.54. The summed E-state index contributed by atoms with van der Waals surface area (Å²) in [5, 5.41) is 2.82. The second kappa shape index (κ2) is 13.1. The zero-order valence-electron chi connectivity index (χ0n) is 25.8. The normalized spacial score (nSPS) is 21.6. The first kappa shape index (κ1) is 31.5. The van der Waals surface area contributed by atoms with Crippen LogP contribution in [0, 0.1) is 0 Å². The number of ether oxygens (including phenoxy) is 2. The molecular formula is C34H36N3O8P. The summed E-state index contributed by atoms with van der Waals surface area (Å²) in [6, 6.07) is 23.3. The van der Waals surface area contributed by atoms with Crippen LogP contribution in [-0.4, -0.2) is 47.2 Å². The molecule has 1 fully saturated rings. The van der Waals surface area contributed by atoms with Crippen molar-refractivity contribution in [3.05, 3.63) is 123 Å². The summed E-state index contributed by atoms with van der Waals surface area (Å²) < 4.78 is 38.8. The van der Waals surface area contributed by atoms with Gasteiger partial charge in [0.05, 0.1) is 6.10 Å². The fourth-order valence-corrected chi connectivity index (χ4v) is 7.47. The lowest BCUT2D eigenvalue weighted by Crippen LogP contribution is -2.49. The van der Waals surface area contributed by atoms with Crippen molar-refractivity contribution < 1.29 is 27.9 Å². The standard InChI is InChI=1S/C34H36N3O8P/c1-4-21-14-16-22(17-15-21)44-46(3,41)45-31-28(5-2)43-32(37-19-18-29(38)35-33(37)39)30(31)36-34(40)42-20-27-25-12-8-6-10-23(25)24-11-7-9-13-26(24)27/h6-19,27-28,30-32H,4-5,20H2,1-3H3,(H,36,40)(H,35,38,39)/t28-,30-,31-,32-,46?/m1/s1. The number of fused-ring (bicyclic) bond motifs is 3. The van der Waals surface area contributed by atoms with Crippen LogP contribution >= 0.6 is 7.60 Å². The lowest BCUT2D eigenvalue weighted by Gasteiger charge is -2.28. The Balaban J connectivity index is 1.25. The molecule has 1 aromatic heterocycles. The second-order valence-corrected chi connectivity index (χ2v) is 13.4. The summed E-state index contributed by atoms with van der Waals surface area (Å²) in [4.78, 5) is 40.3. The van der Waals surface area contributed by atoms with Crippen LogP contribution in [0.25, 0.3) is 11.1 Å². The minimum absolute atomic E-state index is 0.0581. The molecule has 4 aromatic rings. The van der Waals surface area contributed by atoms with Gasteiger partial charge in [0.25, 0.3) is 5.56 Å². The Kier molecular flexibility index (Phi) is 8.99. The molecule has 12 heteroatoms. The van der Waals surface area contributed by atoms with Gasteiger partial charge in [-0.1, -0.05) is 74.5 Å². The van der Waals surface area contributed by atoms with Crippen molar-refractivity contribution in [1.29, 1.82) is 0 Å². The monoisotopic (exact) mass is 645 g/mol. The van der Waals surface area contributed by atoms with E-state index in [2.05, 4.69) is 10.3 Å². The number of aryl methyl sites for hydroxylation is 1. The van der Waals surface area contributed by atoms with Gasteiger partial charge in [-0.25, -0.2) is 14.2 Å². The number of rotatable bonds is 10. The maximum Gasteiger partial charge on any atom is 0.407 e. The highest BCUT2D eigenvalue weighted by Crippen LogP contribution is 2.49. The van der Waals surface area contributed by atoms with Crippen LogP contribution in [0.1, 0.15) is 49.1 Å². The largest absolute Gasteiger partial charge is 0.449 e. The Bertz CT molecular complexity index is 1840. The Labute approximate surface area is 266 Å². The van der Waals surface area contributed by atoms with Crippen molar-refractivity contribution in [1.82, 2.24) is 14.9 Å². The van der Waals surface area contributed by atoms with Gasteiger partial charge in [0.15, 0.2) is 6.23 Å². The first-order valence-corrected chi connectivity index (χ1v) is 17.3. The van der Waals surface area contributed by atoms with E-state index in [1.807, 2.05) is 74.5 Å². The maximum absolute atomic E-state index is 13.7. The lowest BCUT2D eigenvalue weighted by molar-refractivity contribution is -0.0215. The number of aromatic amines is 1. The SMILES string of the molecule is CCc1ccc(OP(C)(=O)O[C@H]2[C@@H](NC(=O)OCC3c4ccccc4-c4ccccc43)[C@H](n3ccc(=O)[nH]c3=O)O[C@@H]2CC)cc1. The third kappa shape index (κ3) is 6.44. The molecule has 2 N–H and O–H groups in total. The lowest BCUT2D eigenvalue weighted by atomic mass is 9.98. The van der Waals surface area contributed by atoms with E-state index >= 15 is 0 Å². The number of amides is 1. The Morgan fingerprint density at radius 2 is 1.61 bits per heavy atom. The Hall–Kier alpha value is -4.44. The van der Waals surface area contributed by atoms with Crippen LogP contribution in [0.5, 0.6) is 5.75 Å². The molecule has 1 aliphatic carbocycles. The minimum atomic E-state index is -3.78. The van der Waals surface area contributed by atoms with Crippen LogP contribution in [0.15, 0.2) is 94.6 Å². The summed E-state index contributed by atoms with van der Waals surface area (Å²) in [6.45, 7) is 5.27. The van der Waals surface area contributed by atoms with E-state index in [1.54, 1.807) is 12.1 Å². The molecule has 1 aliphatic heterocycles. The van der Waals surface area contributed by atoms with E-state index in [-0.39, 0.29) is 12.5 Å². The van der Waals surface area contributed by atoms with Crippen LogP contribution in [0.3, 0.4) is 0 Å². The molecule has 240 valence electrons. The number of nitrogens with one attached hydrogen (secondary N) is 2. The number of aromatic nitrogens is 2. The third-order valence-corrected chi connectivity index (χ3v) is 9.58. The van der Waals surface area contributed by atoms with Crippen LogP contribution in [0.4, 0.5) is 4.79 Å². The fraction of sp³-hybridized carbons (Fsp3) is 0.324. The maximum atomic E-state index is 13.7. The van der Waals surface area contributed by atoms with Gasteiger partial charge in [-0.3, -0.25) is 18.9 Å². The highest BCUT2D eigenvalue weighted by Gasteiger charge is 2.49. The van der Waals surface area contributed by atoms with Crippen molar-refractivity contribution in [3.63, 3.8) is 0 Å². The average molecular weight is 646 g/mol. The third-order valence-electron chi connectivity index (χ3n) is 8.41. The zero-order valence-corrected chi connectivity index (χ0v) is 26.6. The van der Waals surface area contributed by atoms with Gasteiger partial charge in [-0.05, 0) is 52.8 Å². The molecule has 6 rings (SSSR count). The molecule has 3 aromatic carbocycles. The predicted octanol–water partition coefficient (Wildman–Crippen LogP) is 5.60. The van der Waals surface area contributed by atoms with Crippen LogP contribution < -0.4 is 21.1 Å². The van der Waals surface area contributed by atoms with E-state index in [1.165, 1.54) is 18.9 Å². The minimum Gasteiger partial charge on any atom is -0.449 e. The van der Waals surface area contributed by atoms with Gasteiger partial charge in [-0.15, -0.1) is 0 Å². The summed E-state index contributed by atoms with van der Waals surface area (Å²) in [5.74, 6) is 0.193. The molecular weight excluding hydrogens is 609 g/mol. The van der Waals surface area contributed by atoms with E-state index in [0.717, 1.165) is 38.8 Å². The Morgan fingerprint density at radius 1 is 0.957 bits per heavy atom. The zero-order chi connectivity index (χ0) is 32.4. The number of hydrogen-bond acceptors (Lipinski definition) is 8.